The Hall–Kier alpha value is -1.91. The minimum absolute atomic E-state index is 0.0251. The molecule has 1 unspecified atom stereocenters. The van der Waals surface area contributed by atoms with E-state index in [1.165, 1.54) is 12.8 Å². The minimum atomic E-state index is -0.0251. The zero-order valence-electron chi connectivity index (χ0n) is 13.0. The second-order valence-electron chi connectivity index (χ2n) is 5.49. The Kier molecular flexibility index (Phi) is 4.94. The van der Waals surface area contributed by atoms with E-state index >= 15 is 0 Å². The van der Waals surface area contributed by atoms with Gasteiger partial charge in [-0.2, -0.15) is 0 Å². The lowest BCUT2D eigenvalue weighted by molar-refractivity contribution is 0.0698. The summed E-state index contributed by atoms with van der Waals surface area (Å²) in [4.78, 5) is 14.7. The highest BCUT2D eigenvalue weighted by molar-refractivity contribution is 6.00. The Morgan fingerprint density at radius 1 is 1.19 bits per heavy atom. The van der Waals surface area contributed by atoms with Crippen molar-refractivity contribution in [3.05, 3.63) is 17.7 Å². The predicted molar refractivity (Wildman–Crippen MR) is 82.9 cm³/mol. The Bertz CT molecular complexity index is 516. The first-order valence-corrected chi connectivity index (χ1v) is 7.41. The third kappa shape index (κ3) is 3.23. The Labute approximate surface area is 126 Å². The van der Waals surface area contributed by atoms with Crippen LogP contribution < -0.4 is 15.2 Å². The molecule has 1 atom stereocenters. The first kappa shape index (κ1) is 15.5. The fraction of sp³-hybridized carbons (Fsp3) is 0.562. The maximum absolute atomic E-state index is 12.8. The zero-order valence-corrected chi connectivity index (χ0v) is 13.0. The number of ether oxygens (including phenoxy) is 2. The third-order valence-electron chi connectivity index (χ3n) is 4.10. The molecule has 1 amide bonds. The Morgan fingerprint density at radius 2 is 1.86 bits per heavy atom. The van der Waals surface area contributed by atoms with Gasteiger partial charge in [0.1, 0.15) is 0 Å². The molecule has 5 nitrogen and oxygen atoms in total. The minimum Gasteiger partial charge on any atom is -0.493 e. The van der Waals surface area contributed by atoms with Crippen molar-refractivity contribution in [2.24, 2.45) is 0 Å². The maximum Gasteiger partial charge on any atom is 0.256 e. The lowest BCUT2D eigenvalue weighted by atomic mass is 10.1. The van der Waals surface area contributed by atoms with Gasteiger partial charge in [-0.15, -0.1) is 0 Å². The molecule has 1 aliphatic rings. The van der Waals surface area contributed by atoms with Gasteiger partial charge >= 0.3 is 0 Å². The summed E-state index contributed by atoms with van der Waals surface area (Å²) < 4.78 is 10.5. The van der Waals surface area contributed by atoms with Gasteiger partial charge in [0.25, 0.3) is 5.91 Å². The number of methoxy groups -OCH3 is 2. The molecule has 0 aromatic heterocycles. The van der Waals surface area contributed by atoms with E-state index in [-0.39, 0.29) is 11.9 Å². The second kappa shape index (κ2) is 6.70. The van der Waals surface area contributed by atoms with Crippen molar-refractivity contribution in [3.63, 3.8) is 0 Å². The molecular weight excluding hydrogens is 268 g/mol. The van der Waals surface area contributed by atoms with Crippen molar-refractivity contribution in [1.82, 2.24) is 4.90 Å². The van der Waals surface area contributed by atoms with Gasteiger partial charge in [0, 0.05) is 24.3 Å². The highest BCUT2D eigenvalue weighted by atomic mass is 16.5. The number of anilines is 1. The zero-order chi connectivity index (χ0) is 15.4. The highest BCUT2D eigenvalue weighted by Crippen LogP contribution is 2.33. The van der Waals surface area contributed by atoms with Crippen LogP contribution in [0.15, 0.2) is 12.1 Å². The summed E-state index contributed by atoms with van der Waals surface area (Å²) in [6.07, 6.45) is 4.43. The molecule has 1 aliphatic heterocycles. The van der Waals surface area contributed by atoms with Crippen LogP contribution in [0.1, 0.15) is 43.0 Å². The van der Waals surface area contributed by atoms with Gasteiger partial charge in [-0.3, -0.25) is 4.79 Å². The Balaban J connectivity index is 2.33. The van der Waals surface area contributed by atoms with Crippen molar-refractivity contribution in [2.75, 3.05) is 26.5 Å². The van der Waals surface area contributed by atoms with Crippen LogP contribution in [0.25, 0.3) is 0 Å². The van der Waals surface area contributed by atoms with Crippen molar-refractivity contribution in [1.29, 1.82) is 0 Å². The molecule has 5 heteroatoms. The van der Waals surface area contributed by atoms with Crippen molar-refractivity contribution in [2.45, 2.75) is 38.6 Å². The number of carbonyl (C=O) groups excluding carboxylic acids is 1. The summed E-state index contributed by atoms with van der Waals surface area (Å²) in [5, 5.41) is 0. The average Bonchev–Trinajstić information content (AvgIpc) is 2.70. The standard InChI is InChI=1S/C16H24N2O3/c1-11-7-5-4-6-8-18(11)16(19)12-9-14(20-2)15(21-3)10-13(12)17/h9-11H,4-8,17H2,1-3H3. The predicted octanol–water partition coefficient (Wildman–Crippen LogP) is 2.69. The van der Waals surface area contributed by atoms with E-state index in [0.717, 1.165) is 19.4 Å². The second-order valence-corrected chi connectivity index (χ2v) is 5.49. The molecule has 0 spiro atoms. The first-order chi connectivity index (χ1) is 10.1. The lowest BCUT2D eigenvalue weighted by Crippen LogP contribution is -2.38. The van der Waals surface area contributed by atoms with Gasteiger partial charge in [0.15, 0.2) is 11.5 Å². The number of rotatable bonds is 3. The summed E-state index contributed by atoms with van der Waals surface area (Å²) in [5.74, 6) is 1.04. The molecule has 0 saturated carbocycles. The van der Waals surface area contributed by atoms with Gasteiger partial charge < -0.3 is 20.1 Å². The van der Waals surface area contributed by atoms with Gasteiger partial charge in [0.2, 0.25) is 0 Å². The number of likely N-dealkylation sites (tertiary alicyclic amines) is 1. The normalized spacial score (nSPS) is 19.0. The smallest absolute Gasteiger partial charge is 0.256 e. The molecule has 1 aromatic rings. The molecule has 1 fully saturated rings. The number of nitrogen functional groups attached to an aromatic ring is 1. The van der Waals surface area contributed by atoms with E-state index in [4.69, 9.17) is 15.2 Å². The topological polar surface area (TPSA) is 64.8 Å². The number of hydrogen-bond donors (Lipinski definition) is 1. The molecule has 0 bridgehead atoms. The maximum atomic E-state index is 12.8. The fourth-order valence-corrected chi connectivity index (χ4v) is 2.81. The largest absolute Gasteiger partial charge is 0.493 e. The third-order valence-corrected chi connectivity index (χ3v) is 4.10. The molecule has 0 radical (unpaired) electrons. The number of carbonyl (C=O) groups is 1. The van der Waals surface area contributed by atoms with Crippen LogP contribution in [0, 0.1) is 0 Å². The van der Waals surface area contributed by atoms with Crippen LogP contribution >= 0.6 is 0 Å². The lowest BCUT2D eigenvalue weighted by Gasteiger charge is -2.28. The van der Waals surface area contributed by atoms with E-state index in [2.05, 4.69) is 6.92 Å². The van der Waals surface area contributed by atoms with E-state index in [1.807, 2.05) is 4.90 Å². The summed E-state index contributed by atoms with van der Waals surface area (Å²) in [6.45, 7) is 2.88. The molecule has 21 heavy (non-hydrogen) atoms. The highest BCUT2D eigenvalue weighted by Gasteiger charge is 2.25. The number of nitrogens with two attached hydrogens (primary N) is 1. The average molecular weight is 292 g/mol. The van der Waals surface area contributed by atoms with Gasteiger partial charge in [-0.25, -0.2) is 0 Å². The number of hydrogen-bond acceptors (Lipinski definition) is 4. The summed E-state index contributed by atoms with van der Waals surface area (Å²) >= 11 is 0. The van der Waals surface area contributed by atoms with Gasteiger partial charge in [0.05, 0.1) is 19.8 Å². The summed E-state index contributed by atoms with van der Waals surface area (Å²) in [7, 11) is 3.10. The van der Waals surface area contributed by atoms with E-state index in [1.54, 1.807) is 26.4 Å². The summed E-state index contributed by atoms with van der Waals surface area (Å²) in [6, 6.07) is 3.57. The van der Waals surface area contributed by atoms with Crippen LogP contribution in [0.4, 0.5) is 5.69 Å². The van der Waals surface area contributed by atoms with Crippen molar-refractivity contribution in [3.8, 4) is 11.5 Å². The molecule has 1 heterocycles. The first-order valence-electron chi connectivity index (χ1n) is 7.41. The number of nitrogens with zero attached hydrogens (tertiary/aromatic N) is 1. The Morgan fingerprint density at radius 3 is 2.52 bits per heavy atom. The van der Waals surface area contributed by atoms with Gasteiger partial charge in [-0.1, -0.05) is 12.8 Å². The number of amides is 1. The van der Waals surface area contributed by atoms with E-state index < -0.39 is 0 Å². The van der Waals surface area contributed by atoms with E-state index in [9.17, 15) is 4.79 Å². The van der Waals surface area contributed by atoms with Crippen LogP contribution in [0.5, 0.6) is 11.5 Å². The van der Waals surface area contributed by atoms with Crippen molar-refractivity contribution < 1.29 is 14.3 Å². The SMILES string of the molecule is COc1cc(N)c(C(=O)N2CCCCCC2C)cc1OC. The van der Waals surface area contributed by atoms with Crippen LogP contribution in [-0.4, -0.2) is 37.6 Å². The summed E-state index contributed by atoms with van der Waals surface area (Å²) in [5.41, 5.74) is 6.94. The molecular formula is C16H24N2O3. The molecule has 2 rings (SSSR count). The van der Waals surface area contributed by atoms with E-state index in [0.29, 0.717) is 22.7 Å². The van der Waals surface area contributed by atoms with Crippen LogP contribution in [0.2, 0.25) is 0 Å². The van der Waals surface area contributed by atoms with Crippen LogP contribution in [-0.2, 0) is 0 Å². The molecule has 0 aliphatic carbocycles. The van der Waals surface area contributed by atoms with Gasteiger partial charge in [-0.05, 0) is 25.8 Å². The number of benzene rings is 1. The molecule has 116 valence electrons. The molecule has 2 N–H and O–H groups in total. The van der Waals surface area contributed by atoms with Crippen LogP contribution in [0.3, 0.4) is 0 Å². The van der Waals surface area contributed by atoms with Crippen molar-refractivity contribution >= 4 is 11.6 Å². The fourth-order valence-electron chi connectivity index (χ4n) is 2.81. The molecule has 1 aromatic carbocycles. The molecule has 1 saturated heterocycles. The monoisotopic (exact) mass is 292 g/mol. The quantitative estimate of drug-likeness (QED) is 0.870.